The number of nitrogens with zero attached hydrogens (tertiary/aromatic N) is 1. The third-order valence-electron chi connectivity index (χ3n) is 3.56. The number of nitrogens with one attached hydrogen (secondary N) is 1. The largest absolute Gasteiger partial charge is 0.477 e. The zero-order valence-electron chi connectivity index (χ0n) is 9.89. The van der Waals surface area contributed by atoms with Crippen molar-refractivity contribution >= 4 is 5.97 Å². The first-order valence-corrected chi connectivity index (χ1v) is 6.09. The van der Waals surface area contributed by atoms with Crippen molar-refractivity contribution < 1.29 is 9.90 Å². The van der Waals surface area contributed by atoms with Crippen LogP contribution in [0.4, 0.5) is 0 Å². The van der Waals surface area contributed by atoms with Crippen LogP contribution < -0.4 is 0 Å². The first-order valence-electron chi connectivity index (χ1n) is 6.09. The number of imidazole rings is 1. The van der Waals surface area contributed by atoms with Gasteiger partial charge in [0.05, 0.1) is 6.20 Å². The molecule has 18 heavy (non-hydrogen) atoms. The second kappa shape index (κ2) is 4.29. The van der Waals surface area contributed by atoms with Gasteiger partial charge in [-0.1, -0.05) is 24.3 Å². The number of benzene rings is 1. The molecule has 0 aliphatic heterocycles. The van der Waals surface area contributed by atoms with Crippen molar-refractivity contribution in [2.24, 2.45) is 0 Å². The quantitative estimate of drug-likeness (QED) is 0.849. The van der Waals surface area contributed by atoms with Gasteiger partial charge in [-0.05, 0) is 30.4 Å². The van der Waals surface area contributed by atoms with E-state index in [9.17, 15) is 4.79 Å². The van der Waals surface area contributed by atoms with Crippen molar-refractivity contribution in [1.29, 1.82) is 0 Å². The second-order valence-corrected chi connectivity index (χ2v) is 4.70. The van der Waals surface area contributed by atoms with Crippen molar-refractivity contribution in [3.05, 3.63) is 53.1 Å². The van der Waals surface area contributed by atoms with Crippen LogP contribution in [0.3, 0.4) is 0 Å². The molecule has 0 saturated heterocycles. The molecule has 3 rings (SSSR count). The maximum absolute atomic E-state index is 10.8. The van der Waals surface area contributed by atoms with Crippen LogP contribution in [0.15, 0.2) is 30.5 Å². The summed E-state index contributed by atoms with van der Waals surface area (Å²) in [6.45, 7) is 0. The van der Waals surface area contributed by atoms with Crippen molar-refractivity contribution in [3.63, 3.8) is 0 Å². The van der Waals surface area contributed by atoms with E-state index in [4.69, 9.17) is 5.11 Å². The monoisotopic (exact) mass is 242 g/mol. The molecule has 0 saturated carbocycles. The molecule has 1 atom stereocenters. The summed E-state index contributed by atoms with van der Waals surface area (Å²) in [4.78, 5) is 17.9. The predicted octanol–water partition coefficient (Wildman–Crippen LogP) is 2.38. The fourth-order valence-electron chi connectivity index (χ4n) is 2.58. The van der Waals surface area contributed by atoms with Crippen LogP contribution in [0.1, 0.15) is 39.8 Å². The molecule has 92 valence electrons. The highest BCUT2D eigenvalue weighted by Crippen LogP contribution is 2.30. The summed E-state index contributed by atoms with van der Waals surface area (Å²) >= 11 is 0. The van der Waals surface area contributed by atoms with Gasteiger partial charge in [0.1, 0.15) is 11.5 Å². The van der Waals surface area contributed by atoms with Crippen LogP contribution >= 0.6 is 0 Å². The topological polar surface area (TPSA) is 66.0 Å². The molecule has 1 heterocycles. The Balaban J connectivity index is 1.85. The number of aromatic nitrogens is 2. The number of aryl methyl sites for hydroxylation is 1. The lowest BCUT2D eigenvalue weighted by Gasteiger charge is -2.22. The maximum Gasteiger partial charge on any atom is 0.353 e. The predicted molar refractivity (Wildman–Crippen MR) is 66.8 cm³/mol. The zero-order chi connectivity index (χ0) is 12.5. The number of hydrogen-bond donors (Lipinski definition) is 2. The number of fused-ring (bicyclic) bond motifs is 1. The molecular formula is C14H14N2O2. The lowest BCUT2D eigenvalue weighted by molar-refractivity contribution is 0.0691. The van der Waals surface area contributed by atoms with Crippen molar-refractivity contribution in [1.82, 2.24) is 9.97 Å². The molecule has 4 nitrogen and oxygen atoms in total. The molecule has 4 heteroatoms. The van der Waals surface area contributed by atoms with Crippen molar-refractivity contribution in [3.8, 4) is 0 Å². The minimum absolute atomic E-state index is 0.170. The summed E-state index contributed by atoms with van der Waals surface area (Å²) in [5, 5.41) is 8.88. The number of carboxylic acids is 1. The first-order chi connectivity index (χ1) is 8.74. The van der Waals surface area contributed by atoms with Crippen molar-refractivity contribution in [2.45, 2.75) is 25.2 Å². The smallest absolute Gasteiger partial charge is 0.353 e. The van der Waals surface area contributed by atoms with Gasteiger partial charge < -0.3 is 10.1 Å². The molecule has 1 aliphatic rings. The Morgan fingerprint density at radius 3 is 2.83 bits per heavy atom. The second-order valence-electron chi connectivity index (χ2n) is 4.70. The Labute approximate surface area is 105 Å². The van der Waals surface area contributed by atoms with Crippen molar-refractivity contribution in [2.75, 3.05) is 0 Å². The van der Waals surface area contributed by atoms with E-state index in [1.807, 2.05) is 6.07 Å². The van der Waals surface area contributed by atoms with Gasteiger partial charge in [0.15, 0.2) is 0 Å². The summed E-state index contributed by atoms with van der Waals surface area (Å²) < 4.78 is 0. The van der Waals surface area contributed by atoms with Gasteiger partial charge in [-0.15, -0.1) is 0 Å². The van der Waals surface area contributed by atoms with Gasteiger partial charge in [-0.25, -0.2) is 9.78 Å². The molecule has 0 fully saturated rings. The molecule has 1 aromatic heterocycles. The molecule has 0 bridgehead atoms. The van der Waals surface area contributed by atoms with Gasteiger partial charge >= 0.3 is 5.97 Å². The zero-order valence-corrected chi connectivity index (χ0v) is 9.89. The Morgan fingerprint density at radius 2 is 2.11 bits per heavy atom. The third-order valence-corrected chi connectivity index (χ3v) is 3.56. The summed E-state index contributed by atoms with van der Waals surface area (Å²) in [6, 6.07) is 8.42. The number of aromatic amines is 1. The molecule has 1 unspecified atom stereocenters. The van der Waals surface area contributed by atoms with Crippen LogP contribution in [0.25, 0.3) is 0 Å². The van der Waals surface area contributed by atoms with Gasteiger partial charge in [-0.2, -0.15) is 0 Å². The van der Waals surface area contributed by atoms with Crippen LogP contribution in [-0.4, -0.2) is 21.0 Å². The summed E-state index contributed by atoms with van der Waals surface area (Å²) in [5.41, 5.74) is 2.92. The SMILES string of the molecule is O=C(O)c1cnc(C2CCc3ccccc3C2)[nH]1. The van der Waals surface area contributed by atoms with Crippen LogP contribution in [0.5, 0.6) is 0 Å². The molecular weight excluding hydrogens is 228 g/mol. The molecule has 0 radical (unpaired) electrons. The normalized spacial score (nSPS) is 18.3. The maximum atomic E-state index is 10.8. The highest BCUT2D eigenvalue weighted by molar-refractivity contribution is 5.85. The van der Waals surface area contributed by atoms with E-state index in [1.165, 1.54) is 17.3 Å². The van der Waals surface area contributed by atoms with Gasteiger partial charge in [-0.3, -0.25) is 0 Å². The van der Waals surface area contributed by atoms with Gasteiger partial charge in [0.25, 0.3) is 0 Å². The molecule has 1 aromatic carbocycles. The average molecular weight is 242 g/mol. The van der Waals surface area contributed by atoms with Gasteiger partial charge in [0.2, 0.25) is 0 Å². The first kappa shape index (κ1) is 11.0. The Kier molecular flexibility index (Phi) is 2.63. The van der Waals surface area contributed by atoms with E-state index in [0.717, 1.165) is 25.1 Å². The third kappa shape index (κ3) is 1.90. The fourth-order valence-corrected chi connectivity index (χ4v) is 2.58. The number of hydrogen-bond acceptors (Lipinski definition) is 2. The Morgan fingerprint density at radius 1 is 1.33 bits per heavy atom. The van der Waals surface area contributed by atoms with E-state index in [1.54, 1.807) is 0 Å². The molecule has 0 amide bonds. The van der Waals surface area contributed by atoms with E-state index < -0.39 is 5.97 Å². The average Bonchev–Trinajstić information content (AvgIpc) is 2.88. The number of H-pyrrole nitrogens is 1. The summed E-state index contributed by atoms with van der Waals surface area (Å²) in [6.07, 6.45) is 4.38. The van der Waals surface area contributed by atoms with E-state index in [2.05, 4.69) is 28.2 Å². The fraction of sp³-hybridized carbons (Fsp3) is 0.286. The van der Waals surface area contributed by atoms with Crippen LogP contribution in [-0.2, 0) is 12.8 Å². The summed E-state index contributed by atoms with van der Waals surface area (Å²) in [7, 11) is 0. The number of aromatic carboxylic acids is 1. The van der Waals surface area contributed by atoms with Crippen LogP contribution in [0, 0.1) is 0 Å². The molecule has 2 N–H and O–H groups in total. The highest BCUT2D eigenvalue weighted by Gasteiger charge is 2.22. The van der Waals surface area contributed by atoms with Crippen LogP contribution in [0.2, 0.25) is 0 Å². The lowest BCUT2D eigenvalue weighted by atomic mass is 9.83. The number of rotatable bonds is 2. The Bertz CT molecular complexity index is 589. The Hall–Kier alpha value is -2.10. The van der Waals surface area contributed by atoms with E-state index >= 15 is 0 Å². The minimum Gasteiger partial charge on any atom is -0.477 e. The van der Waals surface area contributed by atoms with E-state index in [-0.39, 0.29) is 5.69 Å². The summed E-state index contributed by atoms with van der Waals surface area (Å²) in [5.74, 6) is 0.139. The number of carbonyl (C=O) groups is 1. The standard InChI is InChI=1S/C14H14N2O2/c17-14(18)12-8-15-13(16-12)11-6-5-9-3-1-2-4-10(9)7-11/h1-4,8,11H,5-7H2,(H,15,16)(H,17,18). The molecule has 2 aromatic rings. The van der Waals surface area contributed by atoms with Gasteiger partial charge in [0, 0.05) is 5.92 Å². The highest BCUT2D eigenvalue weighted by atomic mass is 16.4. The molecule has 0 spiro atoms. The van der Waals surface area contributed by atoms with E-state index in [0.29, 0.717) is 5.92 Å². The number of carboxylic acid groups (broad SMARTS) is 1. The molecule has 1 aliphatic carbocycles. The minimum atomic E-state index is -0.954. The lowest BCUT2D eigenvalue weighted by Crippen LogP contribution is -2.14.